The lowest BCUT2D eigenvalue weighted by Crippen LogP contribution is -2.42. The topological polar surface area (TPSA) is 106 Å². The molecule has 1 aliphatic rings. The summed E-state index contributed by atoms with van der Waals surface area (Å²) in [5.41, 5.74) is 0.333. The molecule has 24 heavy (non-hydrogen) atoms. The summed E-state index contributed by atoms with van der Waals surface area (Å²) in [7, 11) is 0. The zero-order chi connectivity index (χ0) is 16.7. The Morgan fingerprint density at radius 2 is 2.00 bits per heavy atom. The minimum absolute atomic E-state index is 0.0148. The lowest BCUT2D eigenvalue weighted by atomic mass is 10.2. The van der Waals surface area contributed by atoms with Crippen LogP contribution >= 0.6 is 0 Å². The van der Waals surface area contributed by atoms with Crippen molar-refractivity contribution >= 4 is 17.6 Å². The van der Waals surface area contributed by atoms with E-state index in [1.165, 1.54) is 17.3 Å². The lowest BCUT2D eigenvalue weighted by molar-refractivity contribution is 0.449. The molecule has 0 saturated carbocycles. The zero-order valence-electron chi connectivity index (χ0n) is 12.4. The number of hydrogen-bond acceptors (Lipinski definition) is 5. The van der Waals surface area contributed by atoms with E-state index in [1.54, 1.807) is 24.3 Å². The number of para-hydroxylation sites is 1. The number of fused-ring (bicyclic) bond motifs is 1. The Kier molecular flexibility index (Phi) is 3.06. The summed E-state index contributed by atoms with van der Waals surface area (Å²) in [5, 5.41) is 24.6. The molecule has 1 aromatic carbocycles. The Morgan fingerprint density at radius 3 is 2.71 bits per heavy atom. The van der Waals surface area contributed by atoms with E-state index >= 15 is 0 Å². The van der Waals surface area contributed by atoms with Crippen LogP contribution in [0.15, 0.2) is 63.0 Å². The van der Waals surface area contributed by atoms with Gasteiger partial charge in [-0.1, -0.05) is 18.2 Å². The van der Waals surface area contributed by atoms with Crippen LogP contribution in [0.5, 0.6) is 5.88 Å². The molecule has 3 aromatic rings. The molecule has 0 amide bonds. The smallest absolute Gasteiger partial charge is 0.260 e. The molecule has 1 aliphatic heterocycles. The van der Waals surface area contributed by atoms with Gasteiger partial charge >= 0.3 is 0 Å². The van der Waals surface area contributed by atoms with Crippen molar-refractivity contribution < 1.29 is 9.52 Å². The monoisotopic (exact) mass is 320 g/mol. The van der Waals surface area contributed by atoms with Gasteiger partial charge in [0, 0.05) is 0 Å². The first-order chi connectivity index (χ1) is 11.6. The van der Waals surface area contributed by atoms with Gasteiger partial charge in [-0.15, -0.1) is 0 Å². The fraction of sp³-hybridized carbons (Fsp3) is 0. The van der Waals surface area contributed by atoms with Crippen molar-refractivity contribution in [3.8, 4) is 5.88 Å². The van der Waals surface area contributed by atoms with Gasteiger partial charge < -0.3 is 9.52 Å². The molecule has 3 N–H and O–H groups in total. The number of furan rings is 1. The van der Waals surface area contributed by atoms with Crippen molar-refractivity contribution in [2.24, 2.45) is 5.10 Å². The maximum atomic E-state index is 12.2. The molecule has 2 aromatic heterocycles. The summed E-state index contributed by atoms with van der Waals surface area (Å²) < 4.78 is 5.24. The van der Waals surface area contributed by atoms with Gasteiger partial charge in [-0.05, 0) is 30.3 Å². The second-order valence-corrected chi connectivity index (χ2v) is 5.20. The van der Waals surface area contributed by atoms with E-state index in [4.69, 9.17) is 9.83 Å². The van der Waals surface area contributed by atoms with Crippen LogP contribution in [0, 0.1) is 5.41 Å². The summed E-state index contributed by atoms with van der Waals surface area (Å²) in [4.78, 5) is 14.6. The Bertz CT molecular complexity index is 1100. The van der Waals surface area contributed by atoms with E-state index in [-0.39, 0.29) is 27.9 Å². The fourth-order valence-electron chi connectivity index (χ4n) is 2.58. The number of pyridine rings is 1. The summed E-state index contributed by atoms with van der Waals surface area (Å²) in [6, 6.07) is 12.5. The van der Waals surface area contributed by atoms with Crippen molar-refractivity contribution in [2.75, 3.05) is 5.01 Å². The second-order valence-electron chi connectivity index (χ2n) is 5.20. The highest BCUT2D eigenvalue weighted by Gasteiger charge is 2.26. The molecular weight excluding hydrogens is 308 g/mol. The number of nitrogens with zero attached hydrogens (tertiary/aromatic N) is 2. The predicted octanol–water partition coefficient (Wildman–Crippen LogP) is 0.882. The second kappa shape index (κ2) is 5.24. The van der Waals surface area contributed by atoms with Crippen LogP contribution in [-0.2, 0) is 0 Å². The molecule has 3 heterocycles. The van der Waals surface area contributed by atoms with Crippen molar-refractivity contribution in [2.45, 2.75) is 0 Å². The van der Waals surface area contributed by atoms with Gasteiger partial charge in [0.2, 0.25) is 5.88 Å². The van der Waals surface area contributed by atoms with Gasteiger partial charge in [-0.25, -0.2) is 5.01 Å². The maximum Gasteiger partial charge on any atom is 0.260 e. The van der Waals surface area contributed by atoms with Crippen molar-refractivity contribution in [1.29, 1.82) is 5.41 Å². The number of aromatic amines is 1. The van der Waals surface area contributed by atoms with Crippen LogP contribution in [-0.4, -0.2) is 15.9 Å². The fourth-order valence-corrected chi connectivity index (χ4v) is 2.58. The third-order valence-electron chi connectivity index (χ3n) is 3.68. The number of H-pyrrole nitrogens is 1. The third kappa shape index (κ3) is 2.11. The zero-order valence-corrected chi connectivity index (χ0v) is 12.4. The Balaban J connectivity index is 2.01. The molecule has 4 rings (SSSR count). The highest BCUT2D eigenvalue weighted by molar-refractivity contribution is 6.10. The molecule has 0 radical (unpaired) electrons. The average Bonchev–Trinajstić information content (AvgIpc) is 3.20. The minimum Gasteiger partial charge on any atom is -0.494 e. The molecule has 0 bridgehead atoms. The predicted molar refractivity (Wildman–Crippen MR) is 87.5 cm³/mol. The Labute approximate surface area is 135 Å². The minimum atomic E-state index is -0.505. The van der Waals surface area contributed by atoms with Crippen molar-refractivity contribution in [3.05, 3.63) is 81.0 Å². The van der Waals surface area contributed by atoms with Crippen LogP contribution in [0.3, 0.4) is 0 Å². The normalized spacial score (nSPS) is 13.9. The SMILES string of the molecule is N=C1c2c(O)[nH]c(=O)c(=Cc3ccco3)c2=NN1c1ccccc1. The molecular formula is C17H12N4O3. The number of nitrogens with one attached hydrogen (secondary N) is 2. The van der Waals surface area contributed by atoms with Crippen LogP contribution in [0.25, 0.3) is 6.08 Å². The quantitative estimate of drug-likeness (QED) is 0.652. The molecule has 118 valence electrons. The van der Waals surface area contributed by atoms with Gasteiger partial charge in [0.1, 0.15) is 16.7 Å². The Morgan fingerprint density at radius 1 is 1.21 bits per heavy atom. The maximum absolute atomic E-state index is 12.2. The molecule has 0 spiro atoms. The highest BCUT2D eigenvalue weighted by atomic mass is 16.3. The largest absolute Gasteiger partial charge is 0.494 e. The molecule has 7 nitrogen and oxygen atoms in total. The van der Waals surface area contributed by atoms with Gasteiger partial charge in [0.05, 0.1) is 17.2 Å². The van der Waals surface area contributed by atoms with Crippen molar-refractivity contribution in [3.63, 3.8) is 0 Å². The molecule has 0 unspecified atom stereocenters. The van der Waals surface area contributed by atoms with Gasteiger partial charge in [-0.2, -0.15) is 5.10 Å². The highest BCUT2D eigenvalue weighted by Crippen LogP contribution is 2.21. The van der Waals surface area contributed by atoms with E-state index in [1.807, 2.05) is 18.2 Å². The Hall–Kier alpha value is -3.61. The third-order valence-corrected chi connectivity index (χ3v) is 3.68. The molecule has 0 fully saturated rings. The van der Waals surface area contributed by atoms with E-state index < -0.39 is 5.56 Å². The molecule has 7 heteroatoms. The molecule has 0 aliphatic carbocycles. The van der Waals surface area contributed by atoms with E-state index in [2.05, 4.69) is 10.1 Å². The van der Waals surface area contributed by atoms with Crippen LogP contribution in [0.4, 0.5) is 5.69 Å². The number of amidine groups is 1. The first kappa shape index (κ1) is 14.0. The summed E-state index contributed by atoms with van der Waals surface area (Å²) in [6.07, 6.45) is 3.03. The van der Waals surface area contributed by atoms with Crippen LogP contribution < -0.4 is 21.1 Å². The van der Waals surface area contributed by atoms with E-state index in [0.717, 1.165) is 0 Å². The van der Waals surface area contributed by atoms with Gasteiger partial charge in [0.25, 0.3) is 5.56 Å². The number of benzene rings is 1. The lowest BCUT2D eigenvalue weighted by Gasteiger charge is -2.13. The molecule has 0 saturated heterocycles. The van der Waals surface area contributed by atoms with Crippen LogP contribution in [0.2, 0.25) is 0 Å². The first-order valence-electron chi connectivity index (χ1n) is 7.18. The summed E-state index contributed by atoms with van der Waals surface area (Å²) >= 11 is 0. The number of hydrogen-bond donors (Lipinski definition) is 3. The van der Waals surface area contributed by atoms with E-state index in [0.29, 0.717) is 11.4 Å². The summed E-state index contributed by atoms with van der Waals surface area (Å²) in [6.45, 7) is 0. The standard InChI is InChI=1S/C17H12N4O3/c18-15-13-14(20-21(15)10-5-2-1-3-6-10)12(16(22)19-17(13)23)9-11-7-4-8-24-11/h1-9,18,23H,(H,19,22). The number of aromatic hydroxyl groups is 1. The first-order valence-corrected chi connectivity index (χ1v) is 7.18. The number of anilines is 1. The van der Waals surface area contributed by atoms with Crippen molar-refractivity contribution in [1.82, 2.24) is 4.98 Å². The average molecular weight is 320 g/mol. The summed E-state index contributed by atoms with van der Waals surface area (Å²) in [5.74, 6) is 0.0890. The van der Waals surface area contributed by atoms with Gasteiger partial charge in [0.15, 0.2) is 5.84 Å². The number of aromatic nitrogens is 1. The van der Waals surface area contributed by atoms with Crippen LogP contribution in [0.1, 0.15) is 11.3 Å². The van der Waals surface area contributed by atoms with Gasteiger partial charge in [-0.3, -0.25) is 15.2 Å². The molecule has 0 atom stereocenters. The number of rotatable bonds is 2. The van der Waals surface area contributed by atoms with E-state index in [9.17, 15) is 9.90 Å².